The van der Waals surface area contributed by atoms with Crippen molar-refractivity contribution in [1.29, 1.82) is 0 Å². The third-order valence-electron chi connectivity index (χ3n) is 5.18. The van der Waals surface area contributed by atoms with Gasteiger partial charge in [0.15, 0.2) is 5.43 Å². The van der Waals surface area contributed by atoms with E-state index in [0.717, 1.165) is 40.9 Å². The molecule has 5 heteroatoms. The molecule has 1 aliphatic heterocycles. The Labute approximate surface area is 167 Å². The van der Waals surface area contributed by atoms with Gasteiger partial charge in [0, 0.05) is 35.0 Å². The predicted molar refractivity (Wildman–Crippen MR) is 116 cm³/mol. The van der Waals surface area contributed by atoms with Gasteiger partial charge in [0.25, 0.3) is 0 Å². The second-order valence-electron chi connectivity index (χ2n) is 6.90. The first-order chi connectivity index (χ1) is 13.8. The summed E-state index contributed by atoms with van der Waals surface area (Å²) in [6, 6.07) is 20.3. The number of benzene rings is 2. The van der Waals surface area contributed by atoms with Crippen molar-refractivity contribution in [3.8, 4) is 21.6 Å². The summed E-state index contributed by atoms with van der Waals surface area (Å²) in [5, 5.41) is 2.81. The van der Waals surface area contributed by atoms with Gasteiger partial charge in [-0.3, -0.25) is 4.79 Å². The number of hydrogen-bond donors (Lipinski definition) is 1. The van der Waals surface area contributed by atoms with Crippen LogP contribution >= 0.6 is 11.3 Å². The molecular formula is C23H20N2O2S. The minimum atomic E-state index is 0.0477. The van der Waals surface area contributed by atoms with E-state index in [1.165, 1.54) is 10.4 Å². The Kier molecular flexibility index (Phi) is 4.47. The molecule has 28 heavy (non-hydrogen) atoms. The lowest BCUT2D eigenvalue weighted by molar-refractivity contribution is 0.122. The summed E-state index contributed by atoms with van der Waals surface area (Å²) in [7, 11) is 0. The zero-order valence-electron chi connectivity index (χ0n) is 15.4. The molecular weight excluding hydrogens is 368 g/mol. The summed E-state index contributed by atoms with van der Waals surface area (Å²) in [6.45, 7) is 2.95. The highest BCUT2D eigenvalue weighted by molar-refractivity contribution is 7.13. The molecule has 1 saturated heterocycles. The molecule has 0 bridgehead atoms. The van der Waals surface area contributed by atoms with Crippen LogP contribution in [-0.4, -0.2) is 31.3 Å². The smallest absolute Gasteiger partial charge is 0.191 e. The maximum absolute atomic E-state index is 12.8. The van der Waals surface area contributed by atoms with Gasteiger partial charge in [-0.2, -0.15) is 0 Å². The van der Waals surface area contributed by atoms with E-state index in [0.29, 0.717) is 13.2 Å². The lowest BCUT2D eigenvalue weighted by Crippen LogP contribution is -2.37. The fraction of sp³-hybridized carbons (Fsp3) is 0.174. The van der Waals surface area contributed by atoms with Crippen LogP contribution in [0.1, 0.15) is 0 Å². The predicted octanol–water partition coefficient (Wildman–Crippen LogP) is 4.76. The summed E-state index contributed by atoms with van der Waals surface area (Å²) in [5.41, 5.74) is 4.27. The summed E-state index contributed by atoms with van der Waals surface area (Å²) in [4.78, 5) is 19.8. The van der Waals surface area contributed by atoms with Crippen molar-refractivity contribution < 1.29 is 4.74 Å². The quantitative estimate of drug-likeness (QED) is 0.550. The van der Waals surface area contributed by atoms with Crippen LogP contribution in [0, 0.1) is 0 Å². The molecule has 0 radical (unpaired) electrons. The zero-order valence-corrected chi connectivity index (χ0v) is 16.2. The molecule has 4 aromatic rings. The number of para-hydroxylation sites is 1. The van der Waals surface area contributed by atoms with Gasteiger partial charge in [-0.15, -0.1) is 11.3 Å². The van der Waals surface area contributed by atoms with Gasteiger partial charge in [-0.05, 0) is 34.7 Å². The lowest BCUT2D eigenvalue weighted by atomic mass is 9.99. The third kappa shape index (κ3) is 3.13. The third-order valence-corrected chi connectivity index (χ3v) is 6.10. The number of pyridine rings is 1. The molecule has 140 valence electrons. The molecule has 1 aliphatic rings. The van der Waals surface area contributed by atoms with Crippen LogP contribution in [-0.2, 0) is 4.74 Å². The van der Waals surface area contributed by atoms with Crippen LogP contribution in [0.5, 0.6) is 0 Å². The van der Waals surface area contributed by atoms with Gasteiger partial charge >= 0.3 is 0 Å². The first-order valence-corrected chi connectivity index (χ1v) is 10.3. The molecule has 4 nitrogen and oxygen atoms in total. The first kappa shape index (κ1) is 17.2. The maximum Gasteiger partial charge on any atom is 0.191 e. The Morgan fingerprint density at radius 2 is 1.75 bits per heavy atom. The minimum Gasteiger partial charge on any atom is -0.378 e. The fourth-order valence-corrected chi connectivity index (χ4v) is 4.48. The van der Waals surface area contributed by atoms with Crippen LogP contribution in [0.25, 0.3) is 32.5 Å². The number of rotatable bonds is 3. The largest absolute Gasteiger partial charge is 0.378 e. The van der Waals surface area contributed by atoms with Gasteiger partial charge in [0.1, 0.15) is 5.82 Å². The Hall–Kier alpha value is -2.89. The average Bonchev–Trinajstić information content (AvgIpc) is 3.29. The Morgan fingerprint density at radius 3 is 2.57 bits per heavy atom. The van der Waals surface area contributed by atoms with E-state index in [-0.39, 0.29) is 5.43 Å². The number of H-pyrrole nitrogens is 1. The molecule has 0 saturated carbocycles. The van der Waals surface area contributed by atoms with Crippen LogP contribution in [0.3, 0.4) is 0 Å². The number of nitrogens with zero attached hydrogens (tertiary/aromatic N) is 1. The lowest BCUT2D eigenvalue weighted by Gasteiger charge is -2.28. The van der Waals surface area contributed by atoms with Gasteiger partial charge in [-0.25, -0.2) is 0 Å². The SMILES string of the molecule is O=c1cc(N2CCOCC2)[nH]c2c(-c3cccc(-c4cccs4)c3)cccc12. The van der Waals surface area contributed by atoms with E-state index in [4.69, 9.17) is 4.74 Å². The molecule has 0 spiro atoms. The van der Waals surface area contributed by atoms with E-state index in [1.54, 1.807) is 17.4 Å². The molecule has 2 aromatic carbocycles. The summed E-state index contributed by atoms with van der Waals surface area (Å²) < 4.78 is 5.45. The van der Waals surface area contributed by atoms with E-state index in [1.807, 2.05) is 12.1 Å². The van der Waals surface area contributed by atoms with Crippen LogP contribution in [0.4, 0.5) is 5.82 Å². The second kappa shape index (κ2) is 7.26. The highest BCUT2D eigenvalue weighted by Crippen LogP contribution is 2.32. The van der Waals surface area contributed by atoms with Crippen LogP contribution in [0.2, 0.25) is 0 Å². The summed E-state index contributed by atoms with van der Waals surface area (Å²) >= 11 is 1.73. The number of morpholine rings is 1. The zero-order chi connectivity index (χ0) is 18.9. The number of aromatic amines is 1. The van der Waals surface area contributed by atoms with Crippen molar-refractivity contribution in [1.82, 2.24) is 4.98 Å². The molecule has 0 aliphatic carbocycles. The molecule has 5 rings (SSSR count). The van der Waals surface area contributed by atoms with Crippen molar-refractivity contribution >= 4 is 28.1 Å². The molecule has 0 atom stereocenters. The van der Waals surface area contributed by atoms with Crippen molar-refractivity contribution in [3.05, 3.63) is 76.3 Å². The molecule has 1 N–H and O–H groups in total. The summed E-state index contributed by atoms with van der Waals surface area (Å²) in [6.07, 6.45) is 0. The highest BCUT2D eigenvalue weighted by atomic mass is 32.1. The number of hydrogen-bond acceptors (Lipinski definition) is 4. The normalized spacial score (nSPS) is 14.5. The molecule has 0 amide bonds. The molecule has 2 aromatic heterocycles. The van der Waals surface area contributed by atoms with E-state index < -0.39 is 0 Å². The summed E-state index contributed by atoms with van der Waals surface area (Å²) in [5.74, 6) is 0.864. The van der Waals surface area contributed by atoms with E-state index in [2.05, 4.69) is 57.7 Å². The number of anilines is 1. The second-order valence-corrected chi connectivity index (χ2v) is 7.85. The number of nitrogens with one attached hydrogen (secondary N) is 1. The number of ether oxygens (including phenoxy) is 1. The van der Waals surface area contributed by atoms with Crippen molar-refractivity contribution in [2.45, 2.75) is 0 Å². The highest BCUT2D eigenvalue weighted by Gasteiger charge is 2.15. The van der Waals surface area contributed by atoms with Gasteiger partial charge in [0.05, 0.1) is 18.7 Å². The van der Waals surface area contributed by atoms with Crippen molar-refractivity contribution in [2.24, 2.45) is 0 Å². The van der Waals surface area contributed by atoms with E-state index in [9.17, 15) is 4.79 Å². The first-order valence-electron chi connectivity index (χ1n) is 9.43. The van der Waals surface area contributed by atoms with Crippen molar-refractivity contribution in [2.75, 3.05) is 31.2 Å². The van der Waals surface area contributed by atoms with Gasteiger partial charge in [-0.1, -0.05) is 36.4 Å². The van der Waals surface area contributed by atoms with Gasteiger partial charge in [0.2, 0.25) is 0 Å². The van der Waals surface area contributed by atoms with Crippen LogP contribution < -0.4 is 10.3 Å². The molecule has 3 heterocycles. The molecule has 1 fully saturated rings. The Balaban J connectivity index is 1.66. The van der Waals surface area contributed by atoms with Crippen molar-refractivity contribution in [3.63, 3.8) is 0 Å². The average molecular weight is 388 g/mol. The number of aromatic nitrogens is 1. The Bertz CT molecular complexity index is 1170. The minimum absolute atomic E-state index is 0.0477. The van der Waals surface area contributed by atoms with Crippen LogP contribution in [0.15, 0.2) is 70.8 Å². The standard InChI is InChI=1S/C23H20N2O2S/c26-20-15-22(25-9-11-27-12-10-25)24-23-18(6-2-7-19(20)23)16-4-1-5-17(14-16)21-8-3-13-28-21/h1-8,13-15H,9-12H2,(H,24,26). The number of thiophene rings is 1. The number of fused-ring (bicyclic) bond motifs is 1. The molecule has 0 unspecified atom stereocenters. The Morgan fingerprint density at radius 1 is 0.929 bits per heavy atom. The topological polar surface area (TPSA) is 45.3 Å². The maximum atomic E-state index is 12.8. The van der Waals surface area contributed by atoms with Gasteiger partial charge < -0.3 is 14.6 Å². The van der Waals surface area contributed by atoms with E-state index >= 15 is 0 Å². The monoisotopic (exact) mass is 388 g/mol. The fourth-order valence-electron chi connectivity index (χ4n) is 3.76.